The Kier molecular flexibility index (Phi) is 6.61. The summed E-state index contributed by atoms with van der Waals surface area (Å²) >= 11 is 0. The number of pyridine rings is 1. The third kappa shape index (κ3) is 4.15. The molecule has 2 aromatic rings. The minimum atomic E-state index is -0.313. The average molecular weight is 356 g/mol. The molecule has 0 fully saturated rings. The number of nitrogens with one attached hydrogen (secondary N) is 1. The molecule has 0 bridgehead atoms. The summed E-state index contributed by atoms with van der Waals surface area (Å²) in [5.41, 5.74) is 4.13. The number of hydrogen-bond donors (Lipinski definition) is 1. The second-order valence-electron chi connectivity index (χ2n) is 6.52. The Hall–Kier alpha value is -2.56. The van der Waals surface area contributed by atoms with Crippen molar-refractivity contribution in [2.24, 2.45) is 0 Å². The van der Waals surface area contributed by atoms with Gasteiger partial charge in [-0.2, -0.15) is 4.73 Å². The van der Waals surface area contributed by atoms with Gasteiger partial charge in [0.25, 0.3) is 5.91 Å². The number of aryl methyl sites for hydroxylation is 2. The fourth-order valence-electron chi connectivity index (χ4n) is 2.85. The summed E-state index contributed by atoms with van der Waals surface area (Å²) in [6.45, 7) is 10.2. The van der Waals surface area contributed by atoms with E-state index in [0.717, 1.165) is 34.4 Å². The van der Waals surface area contributed by atoms with Crippen LogP contribution in [0.15, 0.2) is 24.3 Å². The molecular formula is C21H28N2O3. The van der Waals surface area contributed by atoms with Crippen LogP contribution in [0.25, 0.3) is 0 Å². The van der Waals surface area contributed by atoms with Crippen LogP contribution in [-0.2, 0) is 6.42 Å². The van der Waals surface area contributed by atoms with Crippen LogP contribution in [-0.4, -0.2) is 12.5 Å². The van der Waals surface area contributed by atoms with E-state index in [1.54, 1.807) is 13.0 Å². The number of ether oxygens (including phenoxy) is 1. The molecule has 0 radical (unpaired) electrons. The summed E-state index contributed by atoms with van der Waals surface area (Å²) in [6, 6.07) is 7.42. The van der Waals surface area contributed by atoms with Gasteiger partial charge in [-0.05, 0) is 37.5 Å². The standard InChI is InChI=1S/C21H28N2O3/c1-6-8-12-26-19-13-15(4)23(25)18(7-2)20(19)21(24)22-17-11-9-10-14(3)16(17)5/h9-11,13H,6-8,12H2,1-5H3,(H,22,24). The topological polar surface area (TPSA) is 65.3 Å². The molecule has 1 N–H and O–H groups in total. The van der Waals surface area contributed by atoms with Crippen molar-refractivity contribution in [2.75, 3.05) is 11.9 Å². The van der Waals surface area contributed by atoms with Gasteiger partial charge in [0.05, 0.1) is 6.61 Å². The minimum absolute atomic E-state index is 0.313. The van der Waals surface area contributed by atoms with E-state index >= 15 is 0 Å². The Bertz CT molecular complexity index is 800. The van der Waals surface area contributed by atoms with E-state index in [9.17, 15) is 10.0 Å². The van der Waals surface area contributed by atoms with Crippen molar-refractivity contribution in [3.05, 3.63) is 57.6 Å². The Morgan fingerprint density at radius 3 is 2.62 bits per heavy atom. The highest BCUT2D eigenvalue weighted by Crippen LogP contribution is 2.25. The third-order valence-electron chi connectivity index (χ3n) is 4.61. The van der Waals surface area contributed by atoms with Gasteiger partial charge in [-0.15, -0.1) is 0 Å². The molecule has 1 amide bonds. The van der Waals surface area contributed by atoms with Gasteiger partial charge in [-0.3, -0.25) is 4.79 Å². The van der Waals surface area contributed by atoms with Gasteiger partial charge < -0.3 is 15.3 Å². The number of carbonyl (C=O) groups is 1. The largest absolute Gasteiger partial charge is 0.618 e. The SMILES string of the molecule is CCCCOc1cc(C)[n+]([O-])c(CC)c1C(=O)Nc1cccc(C)c1C. The van der Waals surface area contributed by atoms with Crippen LogP contribution in [0.4, 0.5) is 5.69 Å². The molecule has 0 unspecified atom stereocenters. The molecule has 0 atom stereocenters. The predicted octanol–water partition coefficient (Wildman–Crippen LogP) is 4.24. The highest BCUT2D eigenvalue weighted by Gasteiger charge is 2.26. The van der Waals surface area contributed by atoms with Crippen molar-refractivity contribution >= 4 is 11.6 Å². The number of nitrogens with zero attached hydrogens (tertiary/aromatic N) is 1. The number of benzene rings is 1. The first-order valence-electron chi connectivity index (χ1n) is 9.17. The molecule has 1 heterocycles. The highest BCUT2D eigenvalue weighted by atomic mass is 16.5. The first kappa shape index (κ1) is 19.8. The van der Waals surface area contributed by atoms with Crippen LogP contribution >= 0.6 is 0 Å². The first-order valence-corrected chi connectivity index (χ1v) is 9.17. The van der Waals surface area contributed by atoms with Gasteiger partial charge in [-0.25, -0.2) is 0 Å². The average Bonchev–Trinajstić information content (AvgIpc) is 2.61. The van der Waals surface area contributed by atoms with Crippen LogP contribution < -0.4 is 14.8 Å². The summed E-state index contributed by atoms with van der Waals surface area (Å²) in [5, 5.41) is 15.4. The summed E-state index contributed by atoms with van der Waals surface area (Å²) in [7, 11) is 0. The molecule has 0 saturated heterocycles. The smallest absolute Gasteiger partial charge is 0.265 e. The Labute approximate surface area is 155 Å². The minimum Gasteiger partial charge on any atom is -0.618 e. The summed E-state index contributed by atoms with van der Waals surface area (Å²) in [5.74, 6) is 0.161. The maximum absolute atomic E-state index is 13.0. The van der Waals surface area contributed by atoms with E-state index in [2.05, 4.69) is 12.2 Å². The van der Waals surface area contributed by atoms with Gasteiger partial charge in [0, 0.05) is 25.1 Å². The van der Waals surface area contributed by atoms with Crippen LogP contribution in [0.2, 0.25) is 0 Å². The maximum Gasteiger partial charge on any atom is 0.265 e. The number of hydrogen-bond acceptors (Lipinski definition) is 3. The number of unbranched alkanes of at least 4 members (excludes halogenated alkanes) is 1. The molecule has 140 valence electrons. The zero-order valence-electron chi connectivity index (χ0n) is 16.3. The van der Waals surface area contributed by atoms with Crippen molar-refractivity contribution in [1.29, 1.82) is 0 Å². The van der Waals surface area contributed by atoms with Crippen LogP contribution in [0.1, 0.15) is 59.6 Å². The molecule has 1 aromatic carbocycles. The summed E-state index contributed by atoms with van der Waals surface area (Å²) in [6.07, 6.45) is 2.34. The summed E-state index contributed by atoms with van der Waals surface area (Å²) in [4.78, 5) is 13.0. The van der Waals surface area contributed by atoms with Gasteiger partial charge in [0.1, 0.15) is 11.3 Å². The lowest BCUT2D eigenvalue weighted by molar-refractivity contribution is -0.620. The molecule has 0 aliphatic rings. The number of anilines is 1. The lowest BCUT2D eigenvalue weighted by atomic mass is 10.1. The zero-order chi connectivity index (χ0) is 19.3. The van der Waals surface area contributed by atoms with E-state index in [0.29, 0.717) is 35.7 Å². The molecule has 2 rings (SSSR count). The Morgan fingerprint density at radius 2 is 1.96 bits per heavy atom. The second-order valence-corrected chi connectivity index (χ2v) is 6.52. The van der Waals surface area contributed by atoms with E-state index in [1.807, 2.05) is 39.0 Å². The molecule has 0 spiro atoms. The normalized spacial score (nSPS) is 10.7. The van der Waals surface area contributed by atoms with Gasteiger partial charge in [0.2, 0.25) is 5.69 Å². The number of rotatable bonds is 7. The monoisotopic (exact) mass is 356 g/mol. The fourth-order valence-corrected chi connectivity index (χ4v) is 2.85. The fraction of sp³-hybridized carbons (Fsp3) is 0.429. The maximum atomic E-state index is 13.0. The number of aromatic nitrogens is 1. The molecule has 5 heteroatoms. The third-order valence-corrected chi connectivity index (χ3v) is 4.61. The van der Waals surface area contributed by atoms with Crippen molar-refractivity contribution < 1.29 is 14.3 Å². The quantitative estimate of drug-likeness (QED) is 0.458. The van der Waals surface area contributed by atoms with E-state index in [1.165, 1.54) is 0 Å². The molecule has 0 aliphatic carbocycles. The molecule has 26 heavy (non-hydrogen) atoms. The lowest BCUT2D eigenvalue weighted by Crippen LogP contribution is -2.38. The number of carbonyl (C=O) groups excluding carboxylic acids is 1. The molecule has 0 saturated carbocycles. The van der Waals surface area contributed by atoms with Crippen molar-refractivity contribution in [3.8, 4) is 5.75 Å². The lowest BCUT2D eigenvalue weighted by Gasteiger charge is -2.17. The Morgan fingerprint density at radius 1 is 1.23 bits per heavy atom. The Balaban J connectivity index is 2.45. The molecule has 0 aliphatic heterocycles. The van der Waals surface area contributed by atoms with Crippen molar-refractivity contribution in [3.63, 3.8) is 0 Å². The van der Waals surface area contributed by atoms with Crippen LogP contribution in [0.5, 0.6) is 5.75 Å². The van der Waals surface area contributed by atoms with Gasteiger partial charge >= 0.3 is 0 Å². The number of amides is 1. The molecular weight excluding hydrogens is 328 g/mol. The molecule has 5 nitrogen and oxygen atoms in total. The van der Waals surface area contributed by atoms with E-state index < -0.39 is 0 Å². The first-order chi connectivity index (χ1) is 12.4. The summed E-state index contributed by atoms with van der Waals surface area (Å²) < 4.78 is 6.68. The van der Waals surface area contributed by atoms with E-state index in [4.69, 9.17) is 4.74 Å². The second kappa shape index (κ2) is 8.70. The highest BCUT2D eigenvalue weighted by molar-refractivity contribution is 6.07. The van der Waals surface area contributed by atoms with Gasteiger partial charge in [-0.1, -0.05) is 32.4 Å². The predicted molar refractivity (Wildman–Crippen MR) is 104 cm³/mol. The van der Waals surface area contributed by atoms with E-state index in [-0.39, 0.29) is 5.91 Å². The van der Waals surface area contributed by atoms with Crippen LogP contribution in [0, 0.1) is 26.0 Å². The van der Waals surface area contributed by atoms with Crippen molar-refractivity contribution in [1.82, 2.24) is 0 Å². The van der Waals surface area contributed by atoms with Gasteiger partial charge in [0.15, 0.2) is 5.69 Å². The zero-order valence-corrected chi connectivity index (χ0v) is 16.3. The van der Waals surface area contributed by atoms with Crippen molar-refractivity contribution in [2.45, 2.75) is 53.9 Å². The molecule has 1 aromatic heterocycles. The van der Waals surface area contributed by atoms with Crippen LogP contribution in [0.3, 0.4) is 0 Å².